The van der Waals surface area contributed by atoms with Crippen molar-refractivity contribution >= 4 is 11.6 Å². The first-order valence-corrected chi connectivity index (χ1v) is 4.86. The molecule has 0 aromatic carbocycles. The summed E-state index contributed by atoms with van der Waals surface area (Å²) in [4.78, 5) is 11.7. The van der Waals surface area contributed by atoms with E-state index in [-0.39, 0.29) is 11.9 Å². The van der Waals surface area contributed by atoms with E-state index in [0.29, 0.717) is 25.4 Å². The molecule has 0 spiro atoms. The maximum atomic E-state index is 11.7. The van der Waals surface area contributed by atoms with Gasteiger partial charge in [0, 0.05) is 19.8 Å². The number of aryl methyl sites for hydroxylation is 1. The summed E-state index contributed by atoms with van der Waals surface area (Å²) in [6, 6.07) is -0.265. The number of carbonyl (C=O) groups excluding carboxylic acids is 1. The topological polar surface area (TPSA) is 68.2 Å². The fraction of sp³-hybridized carbons (Fsp3) is 0.556. The lowest BCUT2D eigenvalue weighted by molar-refractivity contribution is -0.120. The third-order valence-corrected chi connectivity index (χ3v) is 2.21. The quantitative estimate of drug-likeness (QED) is 0.680. The molecular formula is C9H14N4O2. The van der Waals surface area contributed by atoms with Crippen LogP contribution in [0.1, 0.15) is 0 Å². The van der Waals surface area contributed by atoms with Gasteiger partial charge < -0.3 is 15.4 Å². The zero-order chi connectivity index (χ0) is 10.7. The van der Waals surface area contributed by atoms with Gasteiger partial charge in [0.05, 0.1) is 25.1 Å². The minimum atomic E-state index is -0.265. The van der Waals surface area contributed by atoms with Gasteiger partial charge in [-0.25, -0.2) is 0 Å². The van der Waals surface area contributed by atoms with E-state index >= 15 is 0 Å². The summed E-state index contributed by atoms with van der Waals surface area (Å²) in [5, 5.41) is 9.81. The van der Waals surface area contributed by atoms with Crippen LogP contribution in [-0.4, -0.2) is 41.5 Å². The maximum Gasteiger partial charge on any atom is 0.243 e. The smallest absolute Gasteiger partial charge is 0.243 e. The molecule has 1 amide bonds. The number of ether oxygens (including phenoxy) is 1. The molecular weight excluding hydrogens is 196 g/mol. The number of hydrogen-bond donors (Lipinski definition) is 2. The number of nitrogens with zero attached hydrogens (tertiary/aromatic N) is 2. The molecule has 0 saturated carbocycles. The van der Waals surface area contributed by atoms with Gasteiger partial charge in [-0.2, -0.15) is 5.10 Å². The van der Waals surface area contributed by atoms with Crippen molar-refractivity contribution in [3.63, 3.8) is 0 Å². The summed E-state index contributed by atoms with van der Waals surface area (Å²) in [6.07, 6.45) is 3.36. The largest absolute Gasteiger partial charge is 0.378 e. The fourth-order valence-corrected chi connectivity index (χ4v) is 1.45. The van der Waals surface area contributed by atoms with E-state index in [9.17, 15) is 4.79 Å². The van der Waals surface area contributed by atoms with Crippen LogP contribution < -0.4 is 10.6 Å². The van der Waals surface area contributed by atoms with Gasteiger partial charge in [-0.05, 0) is 0 Å². The number of aromatic nitrogens is 2. The predicted octanol–water partition coefficient (Wildman–Crippen LogP) is -0.653. The molecule has 1 atom stereocenters. The maximum absolute atomic E-state index is 11.7. The summed E-state index contributed by atoms with van der Waals surface area (Å²) in [7, 11) is 1.80. The summed E-state index contributed by atoms with van der Waals surface area (Å²) in [6.45, 7) is 1.80. The molecule has 1 aliphatic heterocycles. The van der Waals surface area contributed by atoms with Crippen molar-refractivity contribution in [2.24, 2.45) is 7.05 Å². The third kappa shape index (κ3) is 2.54. The van der Waals surface area contributed by atoms with E-state index in [2.05, 4.69) is 15.7 Å². The third-order valence-electron chi connectivity index (χ3n) is 2.21. The zero-order valence-corrected chi connectivity index (χ0v) is 8.56. The number of carbonyl (C=O) groups is 1. The molecule has 2 rings (SSSR count). The van der Waals surface area contributed by atoms with Crippen LogP contribution in [0.15, 0.2) is 12.4 Å². The monoisotopic (exact) mass is 210 g/mol. The van der Waals surface area contributed by atoms with Gasteiger partial charge in [-0.3, -0.25) is 9.48 Å². The first-order chi connectivity index (χ1) is 7.25. The number of anilines is 1. The highest BCUT2D eigenvalue weighted by atomic mass is 16.5. The molecule has 2 heterocycles. The van der Waals surface area contributed by atoms with Gasteiger partial charge in [0.1, 0.15) is 6.04 Å². The summed E-state index contributed by atoms with van der Waals surface area (Å²) < 4.78 is 6.84. The molecule has 2 N–H and O–H groups in total. The van der Waals surface area contributed by atoms with Gasteiger partial charge >= 0.3 is 0 Å². The minimum absolute atomic E-state index is 0.0808. The molecule has 15 heavy (non-hydrogen) atoms. The lowest BCUT2D eigenvalue weighted by Crippen LogP contribution is -2.48. The summed E-state index contributed by atoms with van der Waals surface area (Å²) in [5.74, 6) is -0.0808. The van der Waals surface area contributed by atoms with E-state index in [1.165, 1.54) is 0 Å². The average Bonchev–Trinajstić information content (AvgIpc) is 2.65. The Morgan fingerprint density at radius 3 is 3.27 bits per heavy atom. The molecule has 1 aromatic rings. The highest BCUT2D eigenvalue weighted by Crippen LogP contribution is 2.05. The van der Waals surface area contributed by atoms with Crippen molar-refractivity contribution in [1.82, 2.24) is 15.1 Å². The van der Waals surface area contributed by atoms with Gasteiger partial charge in [0.15, 0.2) is 0 Å². The van der Waals surface area contributed by atoms with Crippen molar-refractivity contribution in [3.8, 4) is 0 Å². The molecule has 1 fully saturated rings. The Hall–Kier alpha value is -1.40. The second-order valence-electron chi connectivity index (χ2n) is 3.47. The average molecular weight is 210 g/mol. The Morgan fingerprint density at radius 2 is 2.67 bits per heavy atom. The molecule has 6 heteroatoms. The van der Waals surface area contributed by atoms with Crippen molar-refractivity contribution in [2.75, 3.05) is 25.1 Å². The zero-order valence-electron chi connectivity index (χ0n) is 8.56. The molecule has 82 valence electrons. The molecule has 6 nitrogen and oxygen atoms in total. The summed E-state index contributed by atoms with van der Waals surface area (Å²) >= 11 is 0. The van der Waals surface area contributed by atoms with Crippen molar-refractivity contribution < 1.29 is 9.53 Å². The molecule has 1 saturated heterocycles. The van der Waals surface area contributed by atoms with Gasteiger partial charge in [-0.1, -0.05) is 0 Å². The molecule has 0 aliphatic carbocycles. The second-order valence-corrected chi connectivity index (χ2v) is 3.47. The van der Waals surface area contributed by atoms with Crippen molar-refractivity contribution in [3.05, 3.63) is 12.4 Å². The minimum Gasteiger partial charge on any atom is -0.378 e. The first kappa shape index (κ1) is 10.1. The highest BCUT2D eigenvalue weighted by Gasteiger charge is 2.21. The van der Waals surface area contributed by atoms with Gasteiger partial charge in [0.2, 0.25) is 5.91 Å². The Morgan fingerprint density at radius 1 is 1.80 bits per heavy atom. The number of amides is 1. The SMILES string of the molecule is Cn1cc(NC(=O)C2COCCN2)cn1. The molecule has 1 unspecified atom stereocenters. The van der Waals surface area contributed by atoms with Crippen LogP contribution in [0.25, 0.3) is 0 Å². The standard InChI is InChI=1S/C9H14N4O2/c1-13-5-7(4-11-13)12-9(14)8-6-15-3-2-10-8/h4-5,8,10H,2-3,6H2,1H3,(H,12,14). The van der Waals surface area contributed by atoms with Crippen LogP contribution in [0.4, 0.5) is 5.69 Å². The molecule has 0 radical (unpaired) electrons. The Kier molecular flexibility index (Phi) is 2.98. The molecule has 1 aliphatic rings. The molecule has 1 aromatic heterocycles. The number of nitrogens with one attached hydrogen (secondary N) is 2. The van der Waals surface area contributed by atoms with Gasteiger partial charge in [0.25, 0.3) is 0 Å². The van der Waals surface area contributed by atoms with Crippen LogP contribution in [0.2, 0.25) is 0 Å². The van der Waals surface area contributed by atoms with Crippen molar-refractivity contribution in [1.29, 1.82) is 0 Å². The highest BCUT2D eigenvalue weighted by molar-refractivity contribution is 5.94. The van der Waals surface area contributed by atoms with E-state index in [1.54, 1.807) is 24.1 Å². The lowest BCUT2D eigenvalue weighted by atomic mass is 10.2. The van der Waals surface area contributed by atoms with Gasteiger partial charge in [-0.15, -0.1) is 0 Å². The van der Waals surface area contributed by atoms with Crippen LogP contribution in [0.5, 0.6) is 0 Å². The lowest BCUT2D eigenvalue weighted by Gasteiger charge is -2.22. The number of hydrogen-bond acceptors (Lipinski definition) is 4. The van der Waals surface area contributed by atoms with Crippen LogP contribution in [0.3, 0.4) is 0 Å². The van der Waals surface area contributed by atoms with E-state index in [4.69, 9.17) is 4.74 Å². The Balaban J connectivity index is 1.91. The molecule has 0 bridgehead atoms. The normalized spacial score (nSPS) is 21.3. The van der Waals surface area contributed by atoms with E-state index in [1.807, 2.05) is 0 Å². The van der Waals surface area contributed by atoms with E-state index < -0.39 is 0 Å². The predicted molar refractivity (Wildman–Crippen MR) is 54.4 cm³/mol. The van der Waals surface area contributed by atoms with Crippen molar-refractivity contribution in [2.45, 2.75) is 6.04 Å². The summed E-state index contributed by atoms with van der Waals surface area (Å²) in [5.41, 5.74) is 0.704. The van der Waals surface area contributed by atoms with Crippen LogP contribution in [-0.2, 0) is 16.6 Å². The Labute approximate surface area is 87.6 Å². The van der Waals surface area contributed by atoms with E-state index in [0.717, 1.165) is 0 Å². The number of morpholine rings is 1. The van der Waals surface area contributed by atoms with Crippen LogP contribution >= 0.6 is 0 Å². The second kappa shape index (κ2) is 4.41. The number of rotatable bonds is 2. The fourth-order valence-electron chi connectivity index (χ4n) is 1.45. The first-order valence-electron chi connectivity index (χ1n) is 4.86. The van der Waals surface area contributed by atoms with Crippen LogP contribution in [0, 0.1) is 0 Å². The Bertz CT molecular complexity index is 344.